The molecular weight excluding hydrogens is 256 g/mol. The van der Waals surface area contributed by atoms with Crippen LogP contribution in [0, 0.1) is 5.92 Å². The molecule has 1 amide bonds. The lowest BCUT2D eigenvalue weighted by Crippen LogP contribution is -2.47. The van der Waals surface area contributed by atoms with Crippen LogP contribution in [0.3, 0.4) is 0 Å². The molecule has 0 radical (unpaired) electrons. The number of ether oxygens (including phenoxy) is 2. The second-order valence-electron chi connectivity index (χ2n) is 5.48. The Kier molecular flexibility index (Phi) is 4.84. The van der Waals surface area contributed by atoms with E-state index in [1.165, 1.54) is 0 Å². The second kappa shape index (κ2) is 6.61. The quantitative estimate of drug-likeness (QED) is 0.852. The number of nitrogens with two attached hydrogens (primary N) is 1. The zero-order valence-corrected chi connectivity index (χ0v) is 12.0. The highest BCUT2D eigenvalue weighted by molar-refractivity contribution is 5.81. The molecule has 20 heavy (non-hydrogen) atoms. The molecule has 5 nitrogen and oxygen atoms in total. The first-order chi connectivity index (χ1) is 9.56. The molecule has 1 aromatic rings. The van der Waals surface area contributed by atoms with E-state index < -0.39 is 6.04 Å². The molecule has 1 unspecified atom stereocenters. The standard InChI is InChI=1S/C15H22N2O3/c1-10(2)7-12(16)15(18)17-8-11-9-19-13-5-3-4-6-14(13)20-11/h3-6,10-12H,7-9,16H2,1-2H3,(H,17,18)/t11?,12-/m0/s1. The summed E-state index contributed by atoms with van der Waals surface area (Å²) in [5.74, 6) is 1.72. The van der Waals surface area contributed by atoms with Crippen molar-refractivity contribution in [3.05, 3.63) is 24.3 Å². The Morgan fingerprint density at radius 2 is 2.10 bits per heavy atom. The van der Waals surface area contributed by atoms with Crippen LogP contribution in [0.25, 0.3) is 0 Å². The molecule has 0 aliphatic carbocycles. The topological polar surface area (TPSA) is 73.6 Å². The molecule has 1 heterocycles. The lowest BCUT2D eigenvalue weighted by molar-refractivity contribution is -0.123. The molecule has 1 aromatic carbocycles. The van der Waals surface area contributed by atoms with Crippen molar-refractivity contribution in [3.63, 3.8) is 0 Å². The van der Waals surface area contributed by atoms with E-state index in [1.54, 1.807) is 0 Å². The van der Waals surface area contributed by atoms with Gasteiger partial charge in [0.15, 0.2) is 11.5 Å². The number of benzene rings is 1. The maximum absolute atomic E-state index is 11.8. The number of nitrogens with one attached hydrogen (secondary N) is 1. The van der Waals surface area contributed by atoms with E-state index in [1.807, 2.05) is 38.1 Å². The molecular formula is C15H22N2O3. The summed E-state index contributed by atoms with van der Waals surface area (Å²) in [4.78, 5) is 11.8. The van der Waals surface area contributed by atoms with E-state index in [2.05, 4.69) is 5.32 Å². The van der Waals surface area contributed by atoms with Crippen molar-refractivity contribution in [3.8, 4) is 11.5 Å². The number of carbonyl (C=O) groups is 1. The smallest absolute Gasteiger partial charge is 0.237 e. The van der Waals surface area contributed by atoms with Crippen molar-refractivity contribution < 1.29 is 14.3 Å². The van der Waals surface area contributed by atoms with E-state index in [0.717, 1.165) is 5.75 Å². The first kappa shape index (κ1) is 14.7. The summed E-state index contributed by atoms with van der Waals surface area (Å²) < 4.78 is 11.3. The minimum atomic E-state index is -0.466. The number of hydrogen-bond acceptors (Lipinski definition) is 4. The first-order valence-electron chi connectivity index (χ1n) is 6.98. The van der Waals surface area contributed by atoms with Gasteiger partial charge in [-0.15, -0.1) is 0 Å². The van der Waals surface area contributed by atoms with Gasteiger partial charge in [0.1, 0.15) is 12.7 Å². The highest BCUT2D eigenvalue weighted by atomic mass is 16.6. The SMILES string of the molecule is CC(C)C[C@H](N)C(=O)NCC1COc2ccccc2O1. The third kappa shape index (κ3) is 3.87. The average Bonchev–Trinajstić information content (AvgIpc) is 2.43. The third-order valence-electron chi connectivity index (χ3n) is 3.13. The maximum Gasteiger partial charge on any atom is 0.237 e. The predicted octanol–water partition coefficient (Wildman–Crippen LogP) is 1.32. The molecule has 1 aliphatic rings. The van der Waals surface area contributed by atoms with Crippen LogP contribution in [0.2, 0.25) is 0 Å². The molecule has 2 rings (SSSR count). The lowest BCUT2D eigenvalue weighted by Gasteiger charge is -2.27. The predicted molar refractivity (Wildman–Crippen MR) is 76.8 cm³/mol. The van der Waals surface area contributed by atoms with Crippen LogP contribution < -0.4 is 20.5 Å². The van der Waals surface area contributed by atoms with Crippen LogP contribution in [-0.4, -0.2) is 31.2 Å². The van der Waals surface area contributed by atoms with Gasteiger partial charge in [0.25, 0.3) is 0 Å². The summed E-state index contributed by atoms with van der Waals surface area (Å²) in [7, 11) is 0. The summed E-state index contributed by atoms with van der Waals surface area (Å²) in [5.41, 5.74) is 5.83. The van der Waals surface area contributed by atoms with Crippen LogP contribution in [0.1, 0.15) is 20.3 Å². The lowest BCUT2D eigenvalue weighted by atomic mass is 10.0. The molecule has 110 valence electrons. The minimum absolute atomic E-state index is 0.138. The van der Waals surface area contributed by atoms with Gasteiger partial charge < -0.3 is 20.5 Å². The molecule has 0 bridgehead atoms. The van der Waals surface area contributed by atoms with E-state index in [-0.39, 0.29) is 12.0 Å². The summed E-state index contributed by atoms with van der Waals surface area (Å²) in [6.45, 7) is 4.92. The molecule has 0 fully saturated rings. The van der Waals surface area contributed by atoms with Gasteiger partial charge >= 0.3 is 0 Å². The summed E-state index contributed by atoms with van der Waals surface area (Å²) in [5, 5.41) is 2.82. The number of hydrogen-bond donors (Lipinski definition) is 2. The van der Waals surface area contributed by atoms with Crippen molar-refractivity contribution in [1.82, 2.24) is 5.32 Å². The first-order valence-corrected chi connectivity index (χ1v) is 6.98. The van der Waals surface area contributed by atoms with Gasteiger partial charge in [-0.1, -0.05) is 26.0 Å². The highest BCUT2D eigenvalue weighted by Crippen LogP contribution is 2.30. The fourth-order valence-electron chi connectivity index (χ4n) is 2.12. The summed E-state index contributed by atoms with van der Waals surface area (Å²) in [6, 6.07) is 7.04. The van der Waals surface area contributed by atoms with Crippen LogP contribution in [-0.2, 0) is 4.79 Å². The molecule has 1 aliphatic heterocycles. The Balaban J connectivity index is 1.80. The Labute approximate surface area is 119 Å². The number of amides is 1. The Morgan fingerprint density at radius 1 is 1.40 bits per heavy atom. The van der Waals surface area contributed by atoms with Gasteiger partial charge in [0, 0.05) is 0 Å². The van der Waals surface area contributed by atoms with Gasteiger partial charge in [0.2, 0.25) is 5.91 Å². The summed E-state index contributed by atoms with van der Waals surface area (Å²) >= 11 is 0. The van der Waals surface area contributed by atoms with E-state index in [0.29, 0.717) is 31.2 Å². The van der Waals surface area contributed by atoms with Gasteiger partial charge in [0.05, 0.1) is 12.6 Å². The van der Waals surface area contributed by atoms with Crippen LogP contribution in [0.15, 0.2) is 24.3 Å². The van der Waals surface area contributed by atoms with Gasteiger partial charge in [-0.05, 0) is 24.5 Å². The monoisotopic (exact) mass is 278 g/mol. The zero-order valence-electron chi connectivity index (χ0n) is 12.0. The van der Waals surface area contributed by atoms with Crippen molar-refractivity contribution >= 4 is 5.91 Å². The minimum Gasteiger partial charge on any atom is -0.486 e. The molecule has 0 aromatic heterocycles. The average molecular weight is 278 g/mol. The van der Waals surface area contributed by atoms with Crippen molar-refractivity contribution in [2.45, 2.75) is 32.4 Å². The van der Waals surface area contributed by atoms with E-state index in [9.17, 15) is 4.79 Å². The number of fused-ring (bicyclic) bond motifs is 1. The van der Waals surface area contributed by atoms with E-state index in [4.69, 9.17) is 15.2 Å². The van der Waals surface area contributed by atoms with Crippen molar-refractivity contribution in [2.24, 2.45) is 11.7 Å². The Hall–Kier alpha value is -1.75. The largest absolute Gasteiger partial charge is 0.486 e. The normalized spacial score (nSPS) is 18.7. The summed E-state index contributed by atoms with van der Waals surface area (Å²) in [6.07, 6.45) is 0.497. The van der Waals surface area contributed by atoms with Crippen LogP contribution in [0.5, 0.6) is 11.5 Å². The van der Waals surface area contributed by atoms with Crippen LogP contribution >= 0.6 is 0 Å². The van der Waals surface area contributed by atoms with Gasteiger partial charge in [-0.2, -0.15) is 0 Å². The number of carbonyl (C=O) groups excluding carboxylic acids is 1. The van der Waals surface area contributed by atoms with Crippen LogP contribution in [0.4, 0.5) is 0 Å². The fourth-order valence-corrected chi connectivity index (χ4v) is 2.12. The molecule has 5 heteroatoms. The number of para-hydroxylation sites is 2. The molecule has 2 atom stereocenters. The fraction of sp³-hybridized carbons (Fsp3) is 0.533. The zero-order chi connectivity index (χ0) is 14.5. The van der Waals surface area contributed by atoms with Crippen molar-refractivity contribution in [2.75, 3.05) is 13.2 Å². The van der Waals surface area contributed by atoms with E-state index >= 15 is 0 Å². The highest BCUT2D eigenvalue weighted by Gasteiger charge is 2.22. The third-order valence-corrected chi connectivity index (χ3v) is 3.13. The molecule has 0 saturated carbocycles. The maximum atomic E-state index is 11.8. The van der Waals surface area contributed by atoms with Crippen molar-refractivity contribution in [1.29, 1.82) is 0 Å². The number of rotatable bonds is 5. The Bertz CT molecular complexity index is 462. The second-order valence-corrected chi connectivity index (χ2v) is 5.48. The van der Waals surface area contributed by atoms with Gasteiger partial charge in [-0.3, -0.25) is 4.79 Å². The molecule has 0 saturated heterocycles. The molecule has 0 spiro atoms. The van der Waals surface area contributed by atoms with Gasteiger partial charge in [-0.25, -0.2) is 0 Å². The molecule has 3 N–H and O–H groups in total. The Morgan fingerprint density at radius 3 is 2.80 bits per heavy atom.